The largest absolute Gasteiger partial charge is 0.457 e. The number of benzene rings is 6. The van der Waals surface area contributed by atoms with E-state index in [4.69, 9.17) is 9.72 Å². The third kappa shape index (κ3) is 5.12. The van der Waals surface area contributed by atoms with E-state index in [9.17, 15) is 0 Å². The monoisotopic (exact) mass is 703 g/mol. The highest BCUT2D eigenvalue weighted by molar-refractivity contribution is 6.11. The van der Waals surface area contributed by atoms with Crippen LogP contribution in [0.4, 0.5) is 17.1 Å². The lowest BCUT2D eigenvalue weighted by Crippen LogP contribution is -2.24. The molecule has 1 aliphatic heterocycles. The van der Waals surface area contributed by atoms with Crippen molar-refractivity contribution in [2.45, 2.75) is 26.2 Å². The molecule has 54 heavy (non-hydrogen) atoms. The third-order valence-corrected chi connectivity index (χ3v) is 11.1. The van der Waals surface area contributed by atoms with Crippen molar-refractivity contribution < 1.29 is 4.74 Å². The molecular weight excluding hydrogens is 663 g/mol. The molecule has 0 unspecified atom stereocenters. The summed E-state index contributed by atoms with van der Waals surface area (Å²) in [5.74, 6) is 2.47. The number of rotatable bonds is 5. The van der Waals surface area contributed by atoms with E-state index in [1.165, 1.54) is 44.4 Å². The molecular formula is C48H41N5O. The van der Waals surface area contributed by atoms with Gasteiger partial charge < -0.3 is 19.1 Å². The molecule has 0 amide bonds. The number of hydrogen-bond donors (Lipinski definition) is 0. The summed E-state index contributed by atoms with van der Waals surface area (Å²) >= 11 is 0. The first-order chi connectivity index (χ1) is 26.2. The molecule has 4 heterocycles. The van der Waals surface area contributed by atoms with Crippen LogP contribution in [-0.2, 0) is 12.5 Å². The number of pyridine rings is 1. The van der Waals surface area contributed by atoms with Gasteiger partial charge in [0.15, 0.2) is 0 Å². The average molecular weight is 704 g/mol. The normalized spacial score (nSPS) is 13.1. The summed E-state index contributed by atoms with van der Waals surface area (Å²) in [6, 6.07) is 49.8. The van der Waals surface area contributed by atoms with Gasteiger partial charge in [0.1, 0.15) is 17.3 Å². The van der Waals surface area contributed by atoms with E-state index in [0.717, 1.165) is 57.0 Å². The number of nitrogens with zero attached hydrogens (tertiary/aromatic N) is 5. The van der Waals surface area contributed by atoms with Crippen LogP contribution in [0.3, 0.4) is 0 Å². The zero-order valence-corrected chi connectivity index (χ0v) is 31.2. The summed E-state index contributed by atoms with van der Waals surface area (Å²) in [5, 5.41) is 4.71. The van der Waals surface area contributed by atoms with Crippen LogP contribution in [0, 0.1) is 0 Å². The van der Waals surface area contributed by atoms with E-state index in [1.807, 2.05) is 6.20 Å². The van der Waals surface area contributed by atoms with Gasteiger partial charge in [-0.15, -0.1) is 0 Å². The van der Waals surface area contributed by atoms with E-state index in [1.54, 1.807) is 0 Å². The fourth-order valence-corrected chi connectivity index (χ4v) is 8.25. The Morgan fingerprint density at radius 1 is 0.556 bits per heavy atom. The molecule has 264 valence electrons. The number of aromatic nitrogens is 3. The molecule has 10 rings (SSSR count). The Balaban J connectivity index is 1.07. The molecule has 0 atom stereocenters. The zero-order chi connectivity index (χ0) is 36.7. The minimum atomic E-state index is -0.0812. The fraction of sp³-hybridized carbons (Fsp3) is 0.146. The Morgan fingerprint density at radius 3 is 2.07 bits per heavy atom. The number of fused-ring (bicyclic) bond motifs is 7. The number of para-hydroxylation sites is 2. The molecule has 3 aromatic heterocycles. The van der Waals surface area contributed by atoms with Crippen molar-refractivity contribution in [1.82, 2.24) is 14.1 Å². The van der Waals surface area contributed by atoms with Gasteiger partial charge in [-0.1, -0.05) is 93.6 Å². The van der Waals surface area contributed by atoms with E-state index >= 15 is 0 Å². The lowest BCUT2D eigenvalue weighted by atomic mass is 9.86. The van der Waals surface area contributed by atoms with Crippen molar-refractivity contribution in [2.24, 2.45) is 7.05 Å². The minimum Gasteiger partial charge on any atom is -0.457 e. The maximum absolute atomic E-state index is 6.85. The molecule has 0 spiro atoms. The third-order valence-electron chi connectivity index (χ3n) is 11.1. The Morgan fingerprint density at radius 2 is 1.28 bits per heavy atom. The number of hydrogen-bond acceptors (Lipinski definition) is 4. The summed E-state index contributed by atoms with van der Waals surface area (Å²) in [6.07, 6.45) is 2.02. The Bertz CT molecular complexity index is 2910. The van der Waals surface area contributed by atoms with Crippen molar-refractivity contribution in [3.8, 4) is 28.4 Å². The van der Waals surface area contributed by atoms with Gasteiger partial charge in [0.05, 0.1) is 34.6 Å². The molecule has 0 fully saturated rings. The standard InChI is InChI=1S/C48H41N5O/c1-48(2,3)33-24-34(52-30-50(4)46-23-32(19-22-43(46)52)31-13-7-6-8-14-31)26-36(25-33)54-35-20-21-39-37-15-10-12-18-42(37)53(45(39)27-35)47-28-44-40(29-49-47)38-16-9-11-17-41(38)51(44)5/h6-29H,30H2,1-5H3. The predicted octanol–water partition coefficient (Wildman–Crippen LogP) is 12.1. The highest BCUT2D eigenvalue weighted by Gasteiger charge is 2.27. The van der Waals surface area contributed by atoms with Gasteiger partial charge in [0.2, 0.25) is 0 Å². The smallest absolute Gasteiger partial charge is 0.139 e. The van der Waals surface area contributed by atoms with Gasteiger partial charge in [-0.25, -0.2) is 4.98 Å². The van der Waals surface area contributed by atoms with E-state index in [0.29, 0.717) is 0 Å². The molecule has 0 saturated heterocycles. The first-order valence-electron chi connectivity index (χ1n) is 18.6. The summed E-state index contributed by atoms with van der Waals surface area (Å²) in [7, 11) is 4.30. The van der Waals surface area contributed by atoms with Crippen molar-refractivity contribution in [3.05, 3.63) is 151 Å². The van der Waals surface area contributed by atoms with Crippen LogP contribution >= 0.6 is 0 Å². The molecule has 0 bridgehead atoms. The van der Waals surface area contributed by atoms with Gasteiger partial charge in [-0.05, 0) is 70.6 Å². The van der Waals surface area contributed by atoms with Gasteiger partial charge >= 0.3 is 0 Å². The van der Waals surface area contributed by atoms with Crippen LogP contribution in [0.25, 0.3) is 60.6 Å². The Kier molecular flexibility index (Phi) is 7.15. The van der Waals surface area contributed by atoms with Crippen molar-refractivity contribution in [2.75, 3.05) is 23.5 Å². The van der Waals surface area contributed by atoms with Crippen LogP contribution in [0.1, 0.15) is 26.3 Å². The van der Waals surface area contributed by atoms with Gasteiger partial charge in [0, 0.05) is 71.2 Å². The Labute approximate surface area is 315 Å². The quantitative estimate of drug-likeness (QED) is 0.179. The second-order valence-electron chi connectivity index (χ2n) is 15.6. The van der Waals surface area contributed by atoms with E-state index in [2.05, 4.69) is 193 Å². The number of ether oxygens (including phenoxy) is 1. The lowest BCUT2D eigenvalue weighted by molar-refractivity contribution is 0.479. The highest BCUT2D eigenvalue weighted by atomic mass is 16.5. The lowest BCUT2D eigenvalue weighted by Gasteiger charge is -2.25. The molecule has 9 aromatic rings. The molecule has 0 radical (unpaired) electrons. The predicted molar refractivity (Wildman–Crippen MR) is 225 cm³/mol. The van der Waals surface area contributed by atoms with Crippen LogP contribution in [-0.4, -0.2) is 27.8 Å². The molecule has 6 aromatic carbocycles. The minimum absolute atomic E-state index is 0.0812. The zero-order valence-electron chi connectivity index (χ0n) is 31.2. The maximum atomic E-state index is 6.85. The second kappa shape index (κ2) is 12.0. The first-order valence-corrected chi connectivity index (χ1v) is 18.6. The van der Waals surface area contributed by atoms with Gasteiger partial charge in [-0.2, -0.15) is 0 Å². The maximum Gasteiger partial charge on any atom is 0.139 e. The van der Waals surface area contributed by atoms with Crippen LogP contribution in [0.2, 0.25) is 0 Å². The molecule has 0 aliphatic carbocycles. The first kappa shape index (κ1) is 32.1. The Hall–Kier alpha value is -6.53. The average Bonchev–Trinajstić information content (AvgIpc) is 3.80. The SMILES string of the molecule is CN1CN(c2cc(Oc3ccc4c5ccccc5n(-c5cc6c(cn5)c5ccccc5n6C)c4c3)cc(C(C)(C)C)c2)c2ccc(-c3ccccc3)cc21. The van der Waals surface area contributed by atoms with Crippen molar-refractivity contribution >= 4 is 60.7 Å². The van der Waals surface area contributed by atoms with Crippen LogP contribution in [0.15, 0.2) is 146 Å². The second-order valence-corrected chi connectivity index (χ2v) is 15.6. The van der Waals surface area contributed by atoms with Crippen LogP contribution in [0.5, 0.6) is 11.5 Å². The fourth-order valence-electron chi connectivity index (χ4n) is 8.25. The number of anilines is 3. The summed E-state index contributed by atoms with van der Waals surface area (Å²) in [5.41, 5.74) is 11.6. The summed E-state index contributed by atoms with van der Waals surface area (Å²) < 4.78 is 11.4. The molecule has 6 nitrogen and oxygen atoms in total. The van der Waals surface area contributed by atoms with Crippen LogP contribution < -0.4 is 14.5 Å². The summed E-state index contributed by atoms with van der Waals surface area (Å²) in [6.45, 7) is 7.53. The topological polar surface area (TPSA) is 38.5 Å². The van der Waals surface area contributed by atoms with E-state index in [-0.39, 0.29) is 5.41 Å². The van der Waals surface area contributed by atoms with E-state index < -0.39 is 0 Å². The van der Waals surface area contributed by atoms with Gasteiger partial charge in [-0.3, -0.25) is 4.57 Å². The molecule has 6 heteroatoms. The van der Waals surface area contributed by atoms with Gasteiger partial charge in [0.25, 0.3) is 0 Å². The molecule has 0 saturated carbocycles. The molecule has 0 N–H and O–H groups in total. The summed E-state index contributed by atoms with van der Waals surface area (Å²) in [4.78, 5) is 9.78. The highest BCUT2D eigenvalue weighted by Crippen LogP contribution is 2.45. The van der Waals surface area contributed by atoms with Crippen molar-refractivity contribution in [3.63, 3.8) is 0 Å². The van der Waals surface area contributed by atoms with Crippen molar-refractivity contribution in [1.29, 1.82) is 0 Å². The molecule has 1 aliphatic rings. The number of aryl methyl sites for hydroxylation is 1.